The molecule has 74 valence electrons. The molecule has 0 aliphatic heterocycles. The van der Waals surface area contributed by atoms with Crippen LogP contribution in [0, 0.1) is 46.4 Å². The number of hydrogen-bond acceptors (Lipinski definition) is 0. The van der Waals surface area contributed by atoms with Gasteiger partial charge in [0.25, 0.3) is 0 Å². The third-order valence-electron chi connectivity index (χ3n) is 1.06. The number of rotatable bonds is 0. The number of hydrogen-bond donors (Lipinski definition) is 0. The Bertz CT molecular complexity index is 314. The Labute approximate surface area is 88.5 Å². The molecular formula is C14H18. The van der Waals surface area contributed by atoms with Crippen LogP contribution in [0.25, 0.3) is 0 Å². The lowest BCUT2D eigenvalue weighted by Crippen LogP contribution is -1.99. The lowest BCUT2D eigenvalue weighted by Gasteiger charge is -2.05. The zero-order valence-corrected chi connectivity index (χ0v) is 10.0. The van der Waals surface area contributed by atoms with E-state index in [-0.39, 0.29) is 10.8 Å². The lowest BCUT2D eigenvalue weighted by molar-refractivity contribution is 0.570. The van der Waals surface area contributed by atoms with Crippen LogP contribution in [-0.4, -0.2) is 0 Å². The Morgan fingerprint density at radius 2 is 0.786 bits per heavy atom. The van der Waals surface area contributed by atoms with Crippen molar-refractivity contribution in [3.8, 4) is 35.5 Å². The first-order valence-corrected chi connectivity index (χ1v) is 4.75. The molecule has 0 saturated heterocycles. The van der Waals surface area contributed by atoms with Gasteiger partial charge in [0.15, 0.2) is 0 Å². The smallest absolute Gasteiger partial charge is 0.0240 e. The van der Waals surface area contributed by atoms with Gasteiger partial charge in [-0.05, 0) is 65.2 Å². The molecule has 0 bridgehead atoms. The summed E-state index contributed by atoms with van der Waals surface area (Å²) in [6.45, 7) is 12.3. The Kier molecular flexibility index (Phi) is 4.34. The van der Waals surface area contributed by atoms with Crippen molar-refractivity contribution in [2.24, 2.45) is 10.8 Å². The van der Waals surface area contributed by atoms with Crippen LogP contribution in [0.1, 0.15) is 41.5 Å². The van der Waals surface area contributed by atoms with Crippen molar-refractivity contribution in [2.45, 2.75) is 41.5 Å². The second kappa shape index (κ2) is 4.79. The average molecular weight is 186 g/mol. The molecule has 0 aliphatic carbocycles. The van der Waals surface area contributed by atoms with Crippen LogP contribution in [-0.2, 0) is 0 Å². The van der Waals surface area contributed by atoms with E-state index < -0.39 is 0 Å². The van der Waals surface area contributed by atoms with Gasteiger partial charge in [-0.2, -0.15) is 0 Å². The molecule has 0 N–H and O–H groups in total. The highest BCUT2D eigenvalue weighted by atomic mass is 14.1. The molecule has 0 aromatic rings. The maximum absolute atomic E-state index is 3.03. The molecule has 0 heterocycles. The molecule has 0 rings (SSSR count). The van der Waals surface area contributed by atoms with Gasteiger partial charge >= 0.3 is 0 Å². The minimum Gasteiger partial charge on any atom is -0.0831 e. The molecule has 0 aliphatic rings. The summed E-state index contributed by atoms with van der Waals surface area (Å²) in [6, 6.07) is 0. The Morgan fingerprint density at radius 3 is 1.00 bits per heavy atom. The van der Waals surface area contributed by atoms with E-state index in [1.54, 1.807) is 0 Å². The van der Waals surface area contributed by atoms with Gasteiger partial charge < -0.3 is 0 Å². The third-order valence-corrected chi connectivity index (χ3v) is 1.06. The van der Waals surface area contributed by atoms with Crippen LogP contribution in [0.3, 0.4) is 0 Å². The highest BCUT2D eigenvalue weighted by molar-refractivity contribution is 5.37. The Hall–Kier alpha value is -1.32. The van der Waals surface area contributed by atoms with Gasteiger partial charge in [-0.3, -0.25) is 0 Å². The van der Waals surface area contributed by atoms with Gasteiger partial charge in [0, 0.05) is 10.8 Å². The van der Waals surface area contributed by atoms with Crippen molar-refractivity contribution in [1.29, 1.82) is 0 Å². The second-order valence-corrected chi connectivity index (χ2v) is 5.25. The van der Waals surface area contributed by atoms with Crippen molar-refractivity contribution in [1.82, 2.24) is 0 Å². The van der Waals surface area contributed by atoms with Crippen molar-refractivity contribution in [3.63, 3.8) is 0 Å². The van der Waals surface area contributed by atoms with E-state index >= 15 is 0 Å². The zero-order chi connectivity index (χ0) is 11.2. The van der Waals surface area contributed by atoms with E-state index in [2.05, 4.69) is 77.1 Å². The maximum Gasteiger partial charge on any atom is 0.0240 e. The lowest BCUT2D eigenvalue weighted by atomic mass is 9.98. The minimum absolute atomic E-state index is 0.0200. The van der Waals surface area contributed by atoms with E-state index in [1.165, 1.54) is 0 Å². The first-order chi connectivity index (χ1) is 6.21. The molecule has 0 heteroatoms. The third kappa shape index (κ3) is 10.7. The van der Waals surface area contributed by atoms with Crippen LogP contribution >= 0.6 is 0 Å². The fourth-order valence-corrected chi connectivity index (χ4v) is 0.500. The summed E-state index contributed by atoms with van der Waals surface area (Å²) in [6.07, 6.45) is 0. The van der Waals surface area contributed by atoms with Crippen LogP contribution < -0.4 is 0 Å². The monoisotopic (exact) mass is 186 g/mol. The highest BCUT2D eigenvalue weighted by Crippen LogP contribution is 2.09. The van der Waals surface area contributed by atoms with Crippen LogP contribution in [0.15, 0.2) is 0 Å². The molecule has 0 aromatic carbocycles. The predicted molar refractivity (Wildman–Crippen MR) is 62.2 cm³/mol. The first kappa shape index (κ1) is 12.7. The van der Waals surface area contributed by atoms with E-state index in [4.69, 9.17) is 0 Å². The van der Waals surface area contributed by atoms with Crippen molar-refractivity contribution in [2.75, 3.05) is 0 Å². The molecule has 0 spiro atoms. The van der Waals surface area contributed by atoms with E-state index in [9.17, 15) is 0 Å². The fourth-order valence-electron chi connectivity index (χ4n) is 0.500. The van der Waals surface area contributed by atoms with Gasteiger partial charge in [-0.25, -0.2) is 0 Å². The average Bonchev–Trinajstić information content (AvgIpc) is 1.92. The van der Waals surface area contributed by atoms with Gasteiger partial charge in [0.1, 0.15) is 0 Å². The van der Waals surface area contributed by atoms with Gasteiger partial charge in [-0.15, -0.1) is 0 Å². The molecule has 0 aromatic heterocycles. The highest BCUT2D eigenvalue weighted by Gasteiger charge is 2.02. The first-order valence-electron chi connectivity index (χ1n) is 4.75. The molecule has 0 saturated carbocycles. The second-order valence-electron chi connectivity index (χ2n) is 5.25. The van der Waals surface area contributed by atoms with Gasteiger partial charge in [0.05, 0.1) is 0 Å². The standard InChI is InChI=1S/C14H18/c1-13(2,3)11-9-7-8-10-12-14(4,5)6/h1-6H3. The largest absolute Gasteiger partial charge is 0.0831 e. The molecular weight excluding hydrogens is 168 g/mol. The predicted octanol–water partition coefficient (Wildman–Crippen LogP) is 3.09. The topological polar surface area (TPSA) is 0 Å². The molecule has 14 heavy (non-hydrogen) atoms. The summed E-state index contributed by atoms with van der Waals surface area (Å²) >= 11 is 0. The Balaban J connectivity index is 4.32. The SMILES string of the molecule is CC(C)(C)C#CC#CC#CC(C)(C)C. The summed E-state index contributed by atoms with van der Waals surface area (Å²) in [7, 11) is 0. The zero-order valence-electron chi connectivity index (χ0n) is 10.0. The summed E-state index contributed by atoms with van der Waals surface area (Å²) < 4.78 is 0. The fraction of sp³-hybridized carbons (Fsp3) is 0.571. The van der Waals surface area contributed by atoms with E-state index in [0.717, 1.165) is 0 Å². The molecule has 0 fully saturated rings. The molecule has 0 amide bonds. The molecule has 0 radical (unpaired) electrons. The minimum atomic E-state index is 0.0200. The Morgan fingerprint density at radius 1 is 0.500 bits per heavy atom. The van der Waals surface area contributed by atoms with Crippen molar-refractivity contribution in [3.05, 3.63) is 0 Å². The van der Waals surface area contributed by atoms with E-state index in [1.807, 2.05) is 0 Å². The summed E-state index contributed by atoms with van der Waals surface area (Å²) in [5.41, 5.74) is 0.0400. The van der Waals surface area contributed by atoms with Crippen molar-refractivity contribution >= 4 is 0 Å². The maximum atomic E-state index is 3.03. The van der Waals surface area contributed by atoms with Crippen molar-refractivity contribution < 1.29 is 0 Å². The summed E-state index contributed by atoms with van der Waals surface area (Å²) in [4.78, 5) is 0. The summed E-state index contributed by atoms with van der Waals surface area (Å²) in [5.74, 6) is 17.1. The molecule has 0 atom stereocenters. The van der Waals surface area contributed by atoms with Crippen LogP contribution in [0.4, 0.5) is 0 Å². The van der Waals surface area contributed by atoms with Crippen LogP contribution in [0.5, 0.6) is 0 Å². The normalized spacial score (nSPS) is 9.86. The molecule has 0 nitrogen and oxygen atoms in total. The van der Waals surface area contributed by atoms with Gasteiger partial charge in [0.2, 0.25) is 0 Å². The van der Waals surface area contributed by atoms with E-state index in [0.29, 0.717) is 0 Å². The quantitative estimate of drug-likeness (QED) is 0.510. The summed E-state index contributed by atoms with van der Waals surface area (Å²) in [5, 5.41) is 0. The van der Waals surface area contributed by atoms with Crippen LogP contribution in [0.2, 0.25) is 0 Å². The molecule has 0 unspecified atom stereocenters. The van der Waals surface area contributed by atoms with Gasteiger partial charge in [-0.1, -0.05) is 11.8 Å².